The number of furan rings is 1. The minimum absolute atomic E-state index is 0.0168. The molecule has 0 aliphatic carbocycles. The second-order valence-electron chi connectivity index (χ2n) is 3.98. The molecule has 0 amide bonds. The summed E-state index contributed by atoms with van der Waals surface area (Å²) in [6.07, 6.45) is 1.38. The molecule has 2 aromatic rings. The Bertz CT molecular complexity index is 713. The van der Waals surface area contributed by atoms with Crippen molar-refractivity contribution >= 4 is 31.6 Å². The lowest BCUT2D eigenvalue weighted by Crippen LogP contribution is -2.13. The van der Waals surface area contributed by atoms with E-state index in [0.717, 1.165) is 0 Å². The number of sulfonamides is 1. The third kappa shape index (κ3) is 3.74. The van der Waals surface area contributed by atoms with Gasteiger partial charge in [0.2, 0.25) is 5.88 Å². The Hall–Kier alpha value is -1.58. The van der Waals surface area contributed by atoms with Crippen LogP contribution in [0.25, 0.3) is 0 Å². The number of anilines is 1. The molecular formula is C12H14BrN3O4S. The van der Waals surface area contributed by atoms with Gasteiger partial charge in [0.1, 0.15) is 10.7 Å². The molecule has 0 unspecified atom stereocenters. The maximum Gasteiger partial charge on any atom is 0.266 e. The Kier molecular flexibility index (Phi) is 4.86. The zero-order valence-electron chi connectivity index (χ0n) is 11.2. The summed E-state index contributed by atoms with van der Waals surface area (Å²) in [6, 6.07) is 4.51. The molecule has 3 N–H and O–H groups in total. The number of aromatic nitrogens is 1. The van der Waals surface area contributed by atoms with E-state index in [9.17, 15) is 8.42 Å². The molecule has 0 atom stereocenters. The lowest BCUT2D eigenvalue weighted by molar-refractivity contribution is 0.327. The molecule has 2 aromatic heterocycles. The third-order valence-corrected chi connectivity index (χ3v) is 4.72. The standard InChI is InChI=1S/C12H14BrN3O4S/c1-2-19-11-4-3-8(7-15-11)16-21(17,18)10-5-9(6-14)20-12(10)13/h3-5,7,16H,2,6,14H2,1H3. The van der Waals surface area contributed by atoms with Crippen molar-refractivity contribution in [3.8, 4) is 5.88 Å². The Labute approximate surface area is 130 Å². The Morgan fingerprint density at radius 2 is 2.24 bits per heavy atom. The number of pyridine rings is 1. The number of rotatable bonds is 6. The van der Waals surface area contributed by atoms with E-state index in [0.29, 0.717) is 23.9 Å². The highest BCUT2D eigenvalue weighted by Crippen LogP contribution is 2.27. The molecular weight excluding hydrogens is 362 g/mol. The Morgan fingerprint density at radius 3 is 2.76 bits per heavy atom. The lowest BCUT2D eigenvalue weighted by atomic mass is 10.4. The number of nitrogens with two attached hydrogens (primary N) is 1. The number of nitrogens with one attached hydrogen (secondary N) is 1. The predicted octanol–water partition coefficient (Wildman–Crippen LogP) is 2.10. The molecule has 0 aromatic carbocycles. The molecule has 2 heterocycles. The van der Waals surface area contributed by atoms with Gasteiger partial charge in [-0.15, -0.1) is 0 Å². The summed E-state index contributed by atoms with van der Waals surface area (Å²) >= 11 is 3.06. The van der Waals surface area contributed by atoms with Gasteiger partial charge in [0.05, 0.1) is 25.0 Å². The number of halogens is 1. The molecule has 114 valence electrons. The van der Waals surface area contributed by atoms with Gasteiger partial charge in [-0.2, -0.15) is 0 Å². The molecule has 2 rings (SSSR count). The van der Waals surface area contributed by atoms with Crippen molar-refractivity contribution in [2.45, 2.75) is 18.4 Å². The predicted molar refractivity (Wildman–Crippen MR) is 80.5 cm³/mol. The van der Waals surface area contributed by atoms with Gasteiger partial charge in [-0.25, -0.2) is 13.4 Å². The first-order valence-corrected chi connectivity index (χ1v) is 8.34. The highest BCUT2D eigenvalue weighted by atomic mass is 79.9. The maximum atomic E-state index is 12.3. The summed E-state index contributed by atoms with van der Waals surface area (Å²) in [5.74, 6) is 0.794. The van der Waals surface area contributed by atoms with Gasteiger partial charge in [-0.05, 0) is 28.9 Å². The molecule has 0 spiro atoms. The topological polar surface area (TPSA) is 107 Å². The van der Waals surface area contributed by atoms with Gasteiger partial charge in [-0.3, -0.25) is 4.72 Å². The van der Waals surface area contributed by atoms with Crippen molar-refractivity contribution in [2.24, 2.45) is 5.73 Å². The fourth-order valence-electron chi connectivity index (χ4n) is 1.57. The van der Waals surface area contributed by atoms with Gasteiger partial charge in [0, 0.05) is 12.1 Å². The van der Waals surface area contributed by atoms with Crippen molar-refractivity contribution in [1.82, 2.24) is 4.98 Å². The van der Waals surface area contributed by atoms with Crippen LogP contribution in [0.3, 0.4) is 0 Å². The first-order chi connectivity index (χ1) is 9.96. The summed E-state index contributed by atoms with van der Waals surface area (Å²) in [6.45, 7) is 2.43. The highest BCUT2D eigenvalue weighted by Gasteiger charge is 2.22. The third-order valence-electron chi connectivity index (χ3n) is 2.48. The monoisotopic (exact) mass is 375 g/mol. The molecule has 0 saturated carbocycles. The zero-order valence-corrected chi connectivity index (χ0v) is 13.6. The molecule has 9 heteroatoms. The SMILES string of the molecule is CCOc1ccc(NS(=O)(=O)c2cc(CN)oc2Br)cn1. The van der Waals surface area contributed by atoms with E-state index in [1.165, 1.54) is 12.3 Å². The first kappa shape index (κ1) is 15.8. The van der Waals surface area contributed by atoms with Crippen LogP contribution in [0.1, 0.15) is 12.7 Å². The normalized spacial score (nSPS) is 11.4. The minimum atomic E-state index is -3.79. The van der Waals surface area contributed by atoms with Gasteiger partial charge in [0.15, 0.2) is 4.67 Å². The van der Waals surface area contributed by atoms with Crippen LogP contribution in [-0.2, 0) is 16.6 Å². The molecule has 0 saturated heterocycles. The van der Waals surface area contributed by atoms with Crippen LogP contribution in [0.5, 0.6) is 5.88 Å². The second-order valence-corrected chi connectivity index (χ2v) is 6.35. The highest BCUT2D eigenvalue weighted by molar-refractivity contribution is 9.10. The Morgan fingerprint density at radius 1 is 1.48 bits per heavy atom. The van der Waals surface area contributed by atoms with Crippen molar-refractivity contribution in [3.05, 3.63) is 34.8 Å². The van der Waals surface area contributed by atoms with Gasteiger partial charge < -0.3 is 14.9 Å². The maximum absolute atomic E-state index is 12.3. The van der Waals surface area contributed by atoms with E-state index in [-0.39, 0.29) is 16.1 Å². The summed E-state index contributed by atoms with van der Waals surface area (Å²) in [7, 11) is -3.79. The zero-order chi connectivity index (χ0) is 15.5. The average molecular weight is 376 g/mol. The molecule has 0 aliphatic heterocycles. The van der Waals surface area contributed by atoms with E-state index >= 15 is 0 Å². The Balaban J connectivity index is 2.22. The van der Waals surface area contributed by atoms with Crippen molar-refractivity contribution < 1.29 is 17.6 Å². The second kappa shape index (κ2) is 6.46. The van der Waals surface area contributed by atoms with Crippen LogP contribution >= 0.6 is 15.9 Å². The van der Waals surface area contributed by atoms with Crippen molar-refractivity contribution in [2.75, 3.05) is 11.3 Å². The number of nitrogens with zero attached hydrogens (tertiary/aromatic N) is 1. The van der Waals surface area contributed by atoms with E-state index in [1.54, 1.807) is 12.1 Å². The summed E-state index contributed by atoms with van der Waals surface area (Å²) in [5, 5.41) is 0. The van der Waals surface area contributed by atoms with Crippen LogP contribution < -0.4 is 15.2 Å². The van der Waals surface area contributed by atoms with E-state index in [4.69, 9.17) is 14.9 Å². The van der Waals surface area contributed by atoms with E-state index < -0.39 is 10.0 Å². The van der Waals surface area contributed by atoms with E-state index in [1.807, 2.05) is 6.92 Å². The van der Waals surface area contributed by atoms with Crippen LogP contribution in [0.2, 0.25) is 0 Å². The lowest BCUT2D eigenvalue weighted by Gasteiger charge is -2.07. The van der Waals surface area contributed by atoms with Gasteiger partial charge >= 0.3 is 0 Å². The van der Waals surface area contributed by atoms with Crippen LogP contribution in [0.15, 0.2) is 38.4 Å². The molecule has 0 fully saturated rings. The fourth-order valence-corrected chi connectivity index (χ4v) is 3.61. The van der Waals surface area contributed by atoms with Crippen LogP contribution in [0.4, 0.5) is 5.69 Å². The summed E-state index contributed by atoms with van der Waals surface area (Å²) in [5.41, 5.74) is 5.74. The molecule has 0 aliphatic rings. The van der Waals surface area contributed by atoms with Crippen molar-refractivity contribution in [1.29, 1.82) is 0 Å². The van der Waals surface area contributed by atoms with Crippen molar-refractivity contribution in [3.63, 3.8) is 0 Å². The number of hydrogen-bond donors (Lipinski definition) is 2. The smallest absolute Gasteiger partial charge is 0.266 e. The molecule has 0 bridgehead atoms. The van der Waals surface area contributed by atoms with Crippen LogP contribution in [0, 0.1) is 0 Å². The fraction of sp³-hybridized carbons (Fsp3) is 0.250. The average Bonchev–Trinajstić information content (AvgIpc) is 2.83. The molecule has 21 heavy (non-hydrogen) atoms. The quantitative estimate of drug-likeness (QED) is 0.800. The number of ether oxygens (including phenoxy) is 1. The number of hydrogen-bond acceptors (Lipinski definition) is 6. The minimum Gasteiger partial charge on any atom is -0.478 e. The molecule has 0 radical (unpaired) electrons. The summed E-state index contributed by atoms with van der Waals surface area (Å²) < 4.78 is 37.4. The van der Waals surface area contributed by atoms with E-state index in [2.05, 4.69) is 25.6 Å². The largest absolute Gasteiger partial charge is 0.478 e. The van der Waals surface area contributed by atoms with Gasteiger partial charge in [-0.1, -0.05) is 0 Å². The summed E-state index contributed by atoms with van der Waals surface area (Å²) in [4.78, 5) is 3.97. The van der Waals surface area contributed by atoms with Gasteiger partial charge in [0.25, 0.3) is 10.0 Å². The molecule has 7 nitrogen and oxygen atoms in total. The van der Waals surface area contributed by atoms with Crippen LogP contribution in [-0.4, -0.2) is 20.0 Å². The first-order valence-electron chi connectivity index (χ1n) is 6.06.